The van der Waals surface area contributed by atoms with Crippen LogP contribution < -0.4 is 10.5 Å². The van der Waals surface area contributed by atoms with Crippen molar-refractivity contribution in [3.8, 4) is 17.1 Å². The highest BCUT2D eigenvalue weighted by Gasteiger charge is 2.21. The molecule has 0 radical (unpaired) electrons. The molecule has 2 rings (SSSR count). The summed E-state index contributed by atoms with van der Waals surface area (Å²) in [6, 6.07) is 3.20. The van der Waals surface area contributed by atoms with E-state index < -0.39 is 5.97 Å². The fourth-order valence-electron chi connectivity index (χ4n) is 2.00. The number of nitrogens with zero attached hydrogens (tertiary/aromatic N) is 2. The van der Waals surface area contributed by atoms with E-state index in [0.717, 1.165) is 0 Å². The predicted octanol–water partition coefficient (Wildman–Crippen LogP) is 2.19. The average molecular weight is 291 g/mol. The number of nitrogens with two attached hydrogens (primary N) is 1. The molecule has 0 aliphatic carbocycles. The highest BCUT2D eigenvalue weighted by atomic mass is 19.1. The van der Waals surface area contributed by atoms with E-state index in [1.165, 1.54) is 7.11 Å². The lowest BCUT2D eigenvalue weighted by Gasteiger charge is -2.11. The van der Waals surface area contributed by atoms with Crippen LogP contribution in [-0.4, -0.2) is 28.2 Å². The third kappa shape index (κ3) is 2.49. The fourth-order valence-corrected chi connectivity index (χ4v) is 2.00. The number of carboxylic acids is 1. The van der Waals surface area contributed by atoms with Crippen LogP contribution in [0.5, 0.6) is 5.75 Å². The molecule has 0 atom stereocenters. The quantitative estimate of drug-likeness (QED) is 0.899. The van der Waals surface area contributed by atoms with Crippen LogP contribution in [0.15, 0.2) is 12.1 Å². The van der Waals surface area contributed by atoms with Crippen LogP contribution in [-0.2, 0) is 0 Å². The van der Waals surface area contributed by atoms with Gasteiger partial charge < -0.3 is 15.6 Å². The van der Waals surface area contributed by atoms with Crippen molar-refractivity contribution in [3.05, 3.63) is 34.8 Å². The molecule has 1 aromatic carbocycles. The molecule has 1 heterocycles. The van der Waals surface area contributed by atoms with E-state index in [4.69, 9.17) is 15.6 Å². The maximum Gasteiger partial charge on any atom is 0.358 e. The molecule has 6 nitrogen and oxygen atoms in total. The smallest absolute Gasteiger partial charge is 0.358 e. The summed E-state index contributed by atoms with van der Waals surface area (Å²) in [5.74, 6) is -1.87. The molecule has 0 aliphatic rings. The maximum atomic E-state index is 14.0. The molecule has 0 fully saturated rings. The largest absolute Gasteiger partial charge is 0.491 e. The molecule has 0 aliphatic heterocycles. The van der Waals surface area contributed by atoms with Crippen LogP contribution in [0, 0.1) is 19.7 Å². The normalized spacial score (nSPS) is 10.5. The lowest BCUT2D eigenvalue weighted by molar-refractivity contribution is 0.0686. The van der Waals surface area contributed by atoms with Crippen molar-refractivity contribution in [2.45, 2.75) is 13.8 Å². The Balaban J connectivity index is 2.71. The van der Waals surface area contributed by atoms with Gasteiger partial charge in [-0.15, -0.1) is 0 Å². The first kappa shape index (κ1) is 14.7. The van der Waals surface area contributed by atoms with Crippen molar-refractivity contribution in [1.29, 1.82) is 0 Å². The number of aromatic carboxylic acids is 1. The number of carbonyl (C=O) groups is 1. The van der Waals surface area contributed by atoms with E-state index in [1.54, 1.807) is 26.0 Å². The zero-order valence-electron chi connectivity index (χ0n) is 11.8. The van der Waals surface area contributed by atoms with Gasteiger partial charge in [0.1, 0.15) is 5.82 Å². The summed E-state index contributed by atoms with van der Waals surface area (Å²) >= 11 is 0. The zero-order chi connectivity index (χ0) is 15.7. The molecule has 3 N–H and O–H groups in total. The topological polar surface area (TPSA) is 98.3 Å². The van der Waals surface area contributed by atoms with Crippen molar-refractivity contribution < 1.29 is 19.0 Å². The second-order valence-electron chi connectivity index (χ2n) is 4.49. The monoisotopic (exact) mass is 291 g/mol. The summed E-state index contributed by atoms with van der Waals surface area (Å²) in [7, 11) is 1.28. The minimum atomic E-state index is -1.30. The number of hydrogen-bond donors (Lipinski definition) is 2. The third-order valence-corrected chi connectivity index (χ3v) is 3.12. The van der Waals surface area contributed by atoms with Gasteiger partial charge in [-0.05, 0) is 25.0 Å². The van der Waals surface area contributed by atoms with E-state index in [0.29, 0.717) is 16.7 Å². The summed E-state index contributed by atoms with van der Waals surface area (Å²) in [4.78, 5) is 19.1. The van der Waals surface area contributed by atoms with Crippen LogP contribution in [0.25, 0.3) is 11.4 Å². The van der Waals surface area contributed by atoms with Gasteiger partial charge in [-0.3, -0.25) is 0 Å². The predicted molar refractivity (Wildman–Crippen MR) is 74.8 cm³/mol. The molecule has 110 valence electrons. The maximum absolute atomic E-state index is 14.0. The van der Waals surface area contributed by atoms with Gasteiger partial charge in [0.15, 0.2) is 23.1 Å². The Hall–Kier alpha value is -2.70. The number of benzene rings is 1. The van der Waals surface area contributed by atoms with Crippen molar-refractivity contribution in [2.24, 2.45) is 0 Å². The lowest BCUT2D eigenvalue weighted by Crippen LogP contribution is -2.10. The molecule has 1 aromatic heterocycles. The van der Waals surface area contributed by atoms with Crippen molar-refractivity contribution in [1.82, 2.24) is 9.97 Å². The third-order valence-electron chi connectivity index (χ3n) is 3.12. The fraction of sp³-hybridized carbons (Fsp3) is 0.214. The number of methoxy groups -OCH3 is 1. The summed E-state index contributed by atoms with van der Waals surface area (Å²) in [6.07, 6.45) is 0. The molecular formula is C14H14FN3O3. The Labute approximate surface area is 120 Å². The summed E-state index contributed by atoms with van der Waals surface area (Å²) < 4.78 is 18.9. The van der Waals surface area contributed by atoms with Crippen molar-refractivity contribution >= 4 is 11.8 Å². The molecule has 0 unspecified atom stereocenters. The Kier molecular flexibility index (Phi) is 3.75. The Morgan fingerprint density at radius 1 is 1.33 bits per heavy atom. The number of halogens is 1. The van der Waals surface area contributed by atoms with E-state index in [1.807, 2.05) is 0 Å². The van der Waals surface area contributed by atoms with Gasteiger partial charge in [-0.2, -0.15) is 0 Å². The minimum Gasteiger partial charge on any atom is -0.491 e. The van der Waals surface area contributed by atoms with Gasteiger partial charge in [0.05, 0.1) is 7.11 Å². The van der Waals surface area contributed by atoms with Gasteiger partial charge in [-0.1, -0.05) is 12.1 Å². The Morgan fingerprint density at radius 2 is 2.00 bits per heavy atom. The number of nitrogen functional groups attached to an aromatic ring is 1. The molecule has 21 heavy (non-hydrogen) atoms. The second-order valence-corrected chi connectivity index (χ2v) is 4.49. The van der Waals surface area contributed by atoms with Gasteiger partial charge in [0, 0.05) is 5.56 Å². The molecule has 0 bridgehead atoms. The average Bonchev–Trinajstić information content (AvgIpc) is 2.44. The summed E-state index contributed by atoms with van der Waals surface area (Å²) in [5.41, 5.74) is 6.53. The van der Waals surface area contributed by atoms with Crippen molar-refractivity contribution in [3.63, 3.8) is 0 Å². The van der Waals surface area contributed by atoms with E-state index in [2.05, 4.69) is 9.97 Å². The molecule has 0 saturated heterocycles. The number of anilines is 1. The van der Waals surface area contributed by atoms with Crippen LogP contribution in [0.4, 0.5) is 10.2 Å². The molecule has 0 saturated carbocycles. The minimum absolute atomic E-state index is 0.0436. The van der Waals surface area contributed by atoms with E-state index >= 15 is 0 Å². The van der Waals surface area contributed by atoms with Crippen LogP contribution in [0.2, 0.25) is 0 Å². The van der Waals surface area contributed by atoms with Crippen LogP contribution in [0.3, 0.4) is 0 Å². The summed E-state index contributed by atoms with van der Waals surface area (Å²) in [6.45, 7) is 3.21. The number of aryl methyl sites for hydroxylation is 1. The van der Waals surface area contributed by atoms with Crippen molar-refractivity contribution in [2.75, 3.05) is 12.8 Å². The van der Waals surface area contributed by atoms with Gasteiger partial charge >= 0.3 is 5.97 Å². The van der Waals surface area contributed by atoms with Crippen LogP contribution >= 0.6 is 0 Å². The van der Waals surface area contributed by atoms with E-state index in [-0.39, 0.29) is 28.9 Å². The Morgan fingerprint density at radius 3 is 2.57 bits per heavy atom. The molecule has 7 heteroatoms. The molecule has 0 amide bonds. The molecular weight excluding hydrogens is 277 g/mol. The van der Waals surface area contributed by atoms with Gasteiger partial charge in [-0.25, -0.2) is 19.2 Å². The molecule has 0 spiro atoms. The van der Waals surface area contributed by atoms with Gasteiger partial charge in [0.25, 0.3) is 0 Å². The van der Waals surface area contributed by atoms with E-state index in [9.17, 15) is 9.18 Å². The first-order valence-electron chi connectivity index (χ1n) is 6.07. The molecule has 2 aromatic rings. The Bertz CT molecular complexity index is 732. The number of ether oxygens (including phenoxy) is 1. The number of rotatable bonds is 3. The number of hydrogen-bond acceptors (Lipinski definition) is 5. The first-order chi connectivity index (χ1) is 9.86. The number of carboxylic acid groups (broad SMARTS) is 1. The highest BCUT2D eigenvalue weighted by molar-refractivity contribution is 5.91. The highest BCUT2D eigenvalue weighted by Crippen LogP contribution is 2.29. The summed E-state index contributed by atoms with van der Waals surface area (Å²) in [5, 5.41) is 9.16. The first-order valence-corrected chi connectivity index (χ1v) is 6.07. The number of aromatic nitrogens is 2. The standard InChI is InChI=1S/C14H14FN3O3/c1-6-4-5-8(7(2)9(6)15)13-17-10(14(19)20)11(21-3)12(16)18-13/h4-5H,1-3H3,(H,19,20)(H2,16,17,18). The van der Waals surface area contributed by atoms with Crippen LogP contribution in [0.1, 0.15) is 21.6 Å². The zero-order valence-corrected chi connectivity index (χ0v) is 11.8. The SMILES string of the molecule is COc1c(N)nc(-c2ccc(C)c(F)c2C)nc1C(=O)O. The second kappa shape index (κ2) is 5.35. The lowest BCUT2D eigenvalue weighted by atomic mass is 10.0. The van der Waals surface area contributed by atoms with Gasteiger partial charge in [0.2, 0.25) is 0 Å².